The predicted octanol–water partition coefficient (Wildman–Crippen LogP) is 5.19. The molecular formula is C20H22N4S. The Morgan fingerprint density at radius 2 is 1.88 bits per heavy atom. The Bertz CT molecular complexity index is 806. The Labute approximate surface area is 152 Å². The molecule has 0 bridgehead atoms. The third-order valence-electron chi connectivity index (χ3n) is 4.70. The first-order chi connectivity index (χ1) is 12.3. The molecule has 5 heteroatoms. The van der Waals surface area contributed by atoms with E-state index < -0.39 is 0 Å². The van der Waals surface area contributed by atoms with Crippen molar-refractivity contribution >= 4 is 28.7 Å². The highest BCUT2D eigenvalue weighted by Crippen LogP contribution is 2.26. The summed E-state index contributed by atoms with van der Waals surface area (Å²) >= 11 is 1.69. The third-order valence-corrected chi connectivity index (χ3v) is 5.59. The highest BCUT2D eigenvalue weighted by molar-refractivity contribution is 7.13. The maximum atomic E-state index is 4.61. The summed E-state index contributed by atoms with van der Waals surface area (Å²) in [5.74, 6) is 1.48. The minimum Gasteiger partial charge on any atom is -0.372 e. The van der Waals surface area contributed by atoms with Crippen LogP contribution in [0.1, 0.15) is 19.8 Å². The number of piperidine rings is 1. The number of hydrogen-bond acceptors (Lipinski definition) is 5. The van der Waals surface area contributed by atoms with E-state index in [1.54, 1.807) is 17.5 Å². The van der Waals surface area contributed by atoms with Crippen molar-refractivity contribution in [1.82, 2.24) is 9.97 Å². The summed E-state index contributed by atoms with van der Waals surface area (Å²) in [7, 11) is 0. The van der Waals surface area contributed by atoms with Crippen molar-refractivity contribution in [1.29, 1.82) is 0 Å². The molecule has 3 heterocycles. The fourth-order valence-corrected chi connectivity index (χ4v) is 3.83. The summed E-state index contributed by atoms with van der Waals surface area (Å²) in [5.41, 5.74) is 3.26. The van der Waals surface area contributed by atoms with Gasteiger partial charge in [-0.1, -0.05) is 13.0 Å². The van der Waals surface area contributed by atoms with Gasteiger partial charge >= 0.3 is 0 Å². The first-order valence-electron chi connectivity index (χ1n) is 8.77. The number of benzene rings is 1. The number of aromatic nitrogens is 2. The van der Waals surface area contributed by atoms with Gasteiger partial charge in [-0.05, 0) is 60.5 Å². The zero-order valence-corrected chi connectivity index (χ0v) is 15.2. The summed E-state index contributed by atoms with van der Waals surface area (Å²) in [6.07, 6.45) is 4.36. The van der Waals surface area contributed by atoms with Gasteiger partial charge in [-0.15, -0.1) is 11.3 Å². The monoisotopic (exact) mass is 350 g/mol. The molecule has 0 aliphatic carbocycles. The average molecular weight is 350 g/mol. The van der Waals surface area contributed by atoms with E-state index in [-0.39, 0.29) is 0 Å². The number of rotatable bonds is 4. The largest absolute Gasteiger partial charge is 0.372 e. The molecule has 1 fully saturated rings. The fraction of sp³-hybridized carbons (Fsp3) is 0.300. The second-order valence-electron chi connectivity index (χ2n) is 6.58. The van der Waals surface area contributed by atoms with Crippen LogP contribution in [-0.2, 0) is 0 Å². The van der Waals surface area contributed by atoms with Gasteiger partial charge in [0, 0.05) is 30.7 Å². The first kappa shape index (κ1) is 16.1. The van der Waals surface area contributed by atoms with E-state index in [2.05, 4.69) is 62.8 Å². The second kappa shape index (κ2) is 7.23. The molecule has 0 spiro atoms. The van der Waals surface area contributed by atoms with Crippen LogP contribution >= 0.6 is 11.3 Å². The van der Waals surface area contributed by atoms with Gasteiger partial charge in [-0.3, -0.25) is 0 Å². The molecule has 1 aromatic carbocycles. The van der Waals surface area contributed by atoms with Gasteiger partial charge in [0.25, 0.3) is 0 Å². The topological polar surface area (TPSA) is 41.0 Å². The molecule has 1 saturated heterocycles. The SMILES string of the molecule is CC1CCN(c2ccc(Nc3nccc(-c4cccs4)n3)cc2)CC1. The van der Waals surface area contributed by atoms with Crippen LogP contribution in [-0.4, -0.2) is 23.1 Å². The van der Waals surface area contributed by atoms with Crippen molar-refractivity contribution in [2.24, 2.45) is 5.92 Å². The molecule has 1 N–H and O–H groups in total. The quantitative estimate of drug-likeness (QED) is 0.703. The highest BCUT2D eigenvalue weighted by Gasteiger charge is 2.15. The van der Waals surface area contributed by atoms with Crippen LogP contribution in [0.2, 0.25) is 0 Å². The fourth-order valence-electron chi connectivity index (χ4n) is 3.13. The summed E-state index contributed by atoms with van der Waals surface area (Å²) < 4.78 is 0. The molecule has 0 amide bonds. The van der Waals surface area contributed by atoms with Gasteiger partial charge in [0.1, 0.15) is 0 Å². The predicted molar refractivity (Wildman–Crippen MR) is 106 cm³/mol. The van der Waals surface area contributed by atoms with Crippen LogP contribution in [0, 0.1) is 5.92 Å². The average Bonchev–Trinajstić information content (AvgIpc) is 3.18. The summed E-state index contributed by atoms with van der Waals surface area (Å²) in [5, 5.41) is 5.37. The number of anilines is 3. The van der Waals surface area contributed by atoms with Gasteiger partial charge in [0.05, 0.1) is 10.6 Å². The lowest BCUT2D eigenvalue weighted by Gasteiger charge is -2.32. The van der Waals surface area contributed by atoms with E-state index in [0.29, 0.717) is 5.95 Å². The van der Waals surface area contributed by atoms with E-state index in [4.69, 9.17) is 0 Å². The molecule has 128 valence electrons. The molecule has 2 aromatic heterocycles. The summed E-state index contributed by atoms with van der Waals surface area (Å²) in [6.45, 7) is 4.65. The van der Waals surface area contributed by atoms with E-state index in [9.17, 15) is 0 Å². The standard InChI is InChI=1S/C20H22N4S/c1-15-9-12-24(13-10-15)17-6-4-16(5-7-17)22-20-21-11-8-18(23-20)19-3-2-14-25-19/h2-8,11,14-15H,9-10,12-13H2,1H3,(H,21,22,23). The molecule has 0 radical (unpaired) electrons. The Morgan fingerprint density at radius 1 is 1.08 bits per heavy atom. The Morgan fingerprint density at radius 3 is 2.60 bits per heavy atom. The molecule has 0 atom stereocenters. The number of hydrogen-bond donors (Lipinski definition) is 1. The molecule has 25 heavy (non-hydrogen) atoms. The highest BCUT2D eigenvalue weighted by atomic mass is 32.1. The molecule has 1 aliphatic heterocycles. The molecule has 3 aromatic rings. The smallest absolute Gasteiger partial charge is 0.227 e. The van der Waals surface area contributed by atoms with Gasteiger partial charge in [0.15, 0.2) is 0 Å². The van der Waals surface area contributed by atoms with Gasteiger partial charge < -0.3 is 10.2 Å². The maximum absolute atomic E-state index is 4.61. The number of nitrogens with one attached hydrogen (secondary N) is 1. The van der Waals surface area contributed by atoms with E-state index >= 15 is 0 Å². The second-order valence-corrected chi connectivity index (χ2v) is 7.53. The van der Waals surface area contributed by atoms with Crippen LogP contribution in [0.5, 0.6) is 0 Å². The zero-order valence-electron chi connectivity index (χ0n) is 14.4. The van der Waals surface area contributed by atoms with Crippen molar-refractivity contribution in [2.75, 3.05) is 23.3 Å². The van der Waals surface area contributed by atoms with Crippen LogP contribution in [0.3, 0.4) is 0 Å². The van der Waals surface area contributed by atoms with Crippen molar-refractivity contribution in [3.63, 3.8) is 0 Å². The number of nitrogens with zero attached hydrogens (tertiary/aromatic N) is 3. The van der Waals surface area contributed by atoms with E-state index in [1.165, 1.54) is 18.5 Å². The lowest BCUT2D eigenvalue weighted by Crippen LogP contribution is -2.32. The lowest BCUT2D eigenvalue weighted by molar-refractivity contribution is 0.438. The zero-order chi connectivity index (χ0) is 17.1. The molecule has 1 aliphatic rings. The van der Waals surface area contributed by atoms with E-state index in [1.807, 2.05) is 12.1 Å². The lowest BCUT2D eigenvalue weighted by atomic mass is 9.99. The molecule has 4 rings (SSSR count). The van der Waals surface area contributed by atoms with Crippen LogP contribution in [0.4, 0.5) is 17.3 Å². The van der Waals surface area contributed by atoms with Crippen LogP contribution < -0.4 is 10.2 Å². The van der Waals surface area contributed by atoms with Gasteiger partial charge in [0.2, 0.25) is 5.95 Å². The van der Waals surface area contributed by atoms with Crippen molar-refractivity contribution in [3.05, 3.63) is 54.0 Å². The molecular weight excluding hydrogens is 328 g/mol. The first-order valence-corrected chi connectivity index (χ1v) is 9.65. The van der Waals surface area contributed by atoms with E-state index in [0.717, 1.165) is 35.3 Å². The number of thiophene rings is 1. The minimum absolute atomic E-state index is 0.630. The Kier molecular flexibility index (Phi) is 4.65. The van der Waals surface area contributed by atoms with Gasteiger partial charge in [-0.25, -0.2) is 9.97 Å². The maximum Gasteiger partial charge on any atom is 0.227 e. The summed E-state index contributed by atoms with van der Waals surface area (Å²) in [6, 6.07) is 14.6. The normalized spacial score (nSPS) is 15.3. The van der Waals surface area contributed by atoms with Crippen LogP contribution in [0.15, 0.2) is 54.0 Å². The molecule has 4 nitrogen and oxygen atoms in total. The Balaban J connectivity index is 1.45. The third kappa shape index (κ3) is 3.82. The van der Waals surface area contributed by atoms with Crippen molar-refractivity contribution in [3.8, 4) is 10.6 Å². The van der Waals surface area contributed by atoms with Crippen molar-refractivity contribution in [2.45, 2.75) is 19.8 Å². The van der Waals surface area contributed by atoms with Crippen LogP contribution in [0.25, 0.3) is 10.6 Å². The minimum atomic E-state index is 0.630. The summed E-state index contributed by atoms with van der Waals surface area (Å²) in [4.78, 5) is 12.6. The molecule has 0 saturated carbocycles. The van der Waals surface area contributed by atoms with Crippen molar-refractivity contribution < 1.29 is 0 Å². The molecule has 0 unspecified atom stereocenters. The Hall–Kier alpha value is -2.40. The van der Waals surface area contributed by atoms with Gasteiger partial charge in [-0.2, -0.15) is 0 Å².